The first-order valence-corrected chi connectivity index (χ1v) is 8.05. The van der Waals surface area contributed by atoms with Crippen LogP contribution in [0.25, 0.3) is 10.9 Å². The molecule has 7 nitrogen and oxygen atoms in total. The van der Waals surface area contributed by atoms with Crippen molar-refractivity contribution >= 4 is 23.0 Å². The minimum atomic E-state index is -0.973. The quantitative estimate of drug-likeness (QED) is 0.566. The molecule has 1 amide bonds. The number of carboxylic acid groups (broad SMARTS) is 1. The fourth-order valence-electron chi connectivity index (χ4n) is 2.54. The number of nitrogens with one attached hydrogen (secondary N) is 2. The van der Waals surface area contributed by atoms with E-state index in [0.29, 0.717) is 18.7 Å². The summed E-state index contributed by atoms with van der Waals surface area (Å²) in [5.74, 6) is -0.354. The van der Waals surface area contributed by atoms with Crippen LogP contribution >= 0.6 is 0 Å². The zero-order valence-electron chi connectivity index (χ0n) is 13.9. The zero-order chi connectivity index (χ0) is 18.4. The van der Waals surface area contributed by atoms with Crippen LogP contribution in [0.1, 0.15) is 15.9 Å². The lowest BCUT2D eigenvalue weighted by atomic mass is 10.1. The van der Waals surface area contributed by atoms with Crippen molar-refractivity contribution in [1.82, 2.24) is 10.3 Å². The normalized spacial score (nSPS) is 10.5. The summed E-state index contributed by atoms with van der Waals surface area (Å²) in [6.45, 7) is 0.180. The number of hydrogen-bond donors (Lipinski definition) is 3. The lowest BCUT2D eigenvalue weighted by Crippen LogP contribution is -2.27. The highest BCUT2D eigenvalue weighted by molar-refractivity contribution is 5.94. The van der Waals surface area contributed by atoms with Gasteiger partial charge in [0.15, 0.2) is 0 Å². The van der Waals surface area contributed by atoms with Gasteiger partial charge in [-0.05, 0) is 42.3 Å². The van der Waals surface area contributed by atoms with E-state index >= 15 is 0 Å². The Morgan fingerprint density at radius 1 is 1.12 bits per heavy atom. The molecule has 3 rings (SSSR count). The lowest BCUT2D eigenvalue weighted by Gasteiger charge is -2.08. The van der Waals surface area contributed by atoms with Crippen molar-refractivity contribution in [1.29, 1.82) is 0 Å². The molecule has 3 N–H and O–H groups in total. The molecule has 0 saturated carbocycles. The van der Waals surface area contributed by atoms with Crippen LogP contribution in [0.3, 0.4) is 0 Å². The van der Waals surface area contributed by atoms with E-state index in [9.17, 15) is 9.59 Å². The van der Waals surface area contributed by atoms with Gasteiger partial charge < -0.3 is 24.9 Å². The topological polar surface area (TPSA) is 101 Å². The summed E-state index contributed by atoms with van der Waals surface area (Å²) in [5, 5.41) is 12.6. The molecule has 0 atom stereocenters. The van der Waals surface area contributed by atoms with Crippen LogP contribution in [0.2, 0.25) is 0 Å². The summed E-state index contributed by atoms with van der Waals surface area (Å²) in [6, 6.07) is 13.9. The minimum Gasteiger partial charge on any atom is -0.478 e. The number of fused-ring (bicyclic) bond motifs is 1. The zero-order valence-corrected chi connectivity index (χ0v) is 13.9. The third-order valence-electron chi connectivity index (χ3n) is 3.84. The van der Waals surface area contributed by atoms with Crippen LogP contribution in [0.4, 0.5) is 4.79 Å². The van der Waals surface area contributed by atoms with Crippen LogP contribution in [0.15, 0.2) is 54.7 Å². The third kappa shape index (κ3) is 4.32. The molecular formula is C19H18N2O5. The molecule has 26 heavy (non-hydrogen) atoms. The van der Waals surface area contributed by atoms with E-state index in [2.05, 4.69) is 10.3 Å². The van der Waals surface area contributed by atoms with E-state index in [0.717, 1.165) is 16.5 Å². The molecule has 1 heterocycles. The third-order valence-corrected chi connectivity index (χ3v) is 3.84. The molecular weight excluding hydrogens is 336 g/mol. The molecule has 0 aliphatic carbocycles. The first-order chi connectivity index (χ1) is 12.6. The van der Waals surface area contributed by atoms with Crippen LogP contribution in [0, 0.1) is 0 Å². The second-order valence-corrected chi connectivity index (χ2v) is 5.56. The van der Waals surface area contributed by atoms with E-state index in [1.807, 2.05) is 24.4 Å². The standard InChI is InChI=1S/C19H18N2O5/c22-18(23)13-6-7-17-16(10-13)14(11-21-17)8-9-20-19(24)26-12-25-15-4-2-1-3-5-15/h1-7,10-11,21H,8-9,12H2,(H,20,24)(H,22,23). The molecule has 0 bridgehead atoms. The summed E-state index contributed by atoms with van der Waals surface area (Å²) in [6.07, 6.45) is 1.77. The molecule has 0 saturated heterocycles. The van der Waals surface area contributed by atoms with Gasteiger partial charge >= 0.3 is 12.1 Å². The molecule has 0 fully saturated rings. The predicted molar refractivity (Wildman–Crippen MR) is 95.4 cm³/mol. The maximum Gasteiger partial charge on any atom is 0.410 e. The van der Waals surface area contributed by atoms with Gasteiger partial charge in [0.2, 0.25) is 6.79 Å². The number of amides is 1. The number of carboxylic acids is 1. The average molecular weight is 354 g/mol. The minimum absolute atomic E-state index is 0.176. The number of carbonyl (C=O) groups is 2. The Morgan fingerprint density at radius 2 is 1.92 bits per heavy atom. The molecule has 134 valence electrons. The maximum absolute atomic E-state index is 11.7. The van der Waals surface area contributed by atoms with Gasteiger partial charge in [0, 0.05) is 23.6 Å². The van der Waals surface area contributed by atoms with E-state index in [1.165, 1.54) is 0 Å². The van der Waals surface area contributed by atoms with Crippen LogP contribution in [-0.4, -0.2) is 35.5 Å². The highest BCUT2D eigenvalue weighted by Gasteiger charge is 2.09. The van der Waals surface area contributed by atoms with Crippen molar-refractivity contribution < 1.29 is 24.2 Å². The Morgan fingerprint density at radius 3 is 2.69 bits per heavy atom. The van der Waals surface area contributed by atoms with Gasteiger partial charge in [0.25, 0.3) is 0 Å². The van der Waals surface area contributed by atoms with E-state index in [1.54, 1.807) is 30.3 Å². The number of para-hydroxylation sites is 1. The summed E-state index contributed by atoms with van der Waals surface area (Å²) < 4.78 is 10.2. The fourth-order valence-corrected chi connectivity index (χ4v) is 2.54. The number of alkyl carbamates (subject to hydrolysis) is 1. The summed E-state index contributed by atoms with van der Waals surface area (Å²) in [5.41, 5.74) is 2.00. The van der Waals surface area contributed by atoms with Gasteiger partial charge in [-0.15, -0.1) is 0 Å². The average Bonchev–Trinajstić information content (AvgIpc) is 3.05. The van der Waals surface area contributed by atoms with Crippen LogP contribution in [-0.2, 0) is 11.2 Å². The van der Waals surface area contributed by atoms with Gasteiger partial charge in [0.1, 0.15) is 5.75 Å². The van der Waals surface area contributed by atoms with Gasteiger partial charge in [-0.25, -0.2) is 9.59 Å². The van der Waals surface area contributed by atoms with Gasteiger partial charge in [-0.1, -0.05) is 18.2 Å². The highest BCUT2D eigenvalue weighted by atomic mass is 16.7. The number of ether oxygens (including phenoxy) is 2. The van der Waals surface area contributed by atoms with Crippen molar-refractivity contribution in [2.45, 2.75) is 6.42 Å². The number of aromatic amines is 1. The summed E-state index contributed by atoms with van der Waals surface area (Å²) >= 11 is 0. The van der Waals surface area contributed by atoms with Crippen LogP contribution in [0.5, 0.6) is 5.75 Å². The summed E-state index contributed by atoms with van der Waals surface area (Å²) in [4.78, 5) is 25.8. The van der Waals surface area contributed by atoms with Crippen LogP contribution < -0.4 is 10.1 Å². The Kier molecular flexibility index (Phi) is 5.38. The molecule has 0 aliphatic heterocycles. The Labute approximate surface area is 149 Å². The number of hydrogen-bond acceptors (Lipinski definition) is 4. The first-order valence-electron chi connectivity index (χ1n) is 8.05. The van der Waals surface area contributed by atoms with Gasteiger partial charge in [-0.2, -0.15) is 0 Å². The molecule has 3 aromatic rings. The van der Waals surface area contributed by atoms with Gasteiger partial charge in [-0.3, -0.25) is 0 Å². The molecule has 0 radical (unpaired) electrons. The second kappa shape index (κ2) is 8.06. The second-order valence-electron chi connectivity index (χ2n) is 5.56. The van der Waals surface area contributed by atoms with Crippen molar-refractivity contribution in [3.63, 3.8) is 0 Å². The smallest absolute Gasteiger partial charge is 0.410 e. The number of aromatic nitrogens is 1. The molecule has 0 unspecified atom stereocenters. The Bertz CT molecular complexity index is 905. The lowest BCUT2D eigenvalue weighted by molar-refractivity contribution is 0.0596. The van der Waals surface area contributed by atoms with E-state index in [-0.39, 0.29) is 12.4 Å². The maximum atomic E-state index is 11.7. The number of aromatic carboxylic acids is 1. The highest BCUT2D eigenvalue weighted by Crippen LogP contribution is 2.20. The number of H-pyrrole nitrogens is 1. The Hall–Kier alpha value is -3.48. The number of benzene rings is 2. The van der Waals surface area contributed by atoms with Crippen molar-refractivity contribution in [3.05, 3.63) is 65.9 Å². The molecule has 0 aliphatic rings. The monoisotopic (exact) mass is 354 g/mol. The largest absolute Gasteiger partial charge is 0.478 e. The molecule has 1 aromatic heterocycles. The van der Waals surface area contributed by atoms with Crippen molar-refractivity contribution in [2.24, 2.45) is 0 Å². The molecule has 0 spiro atoms. The fraction of sp³-hybridized carbons (Fsp3) is 0.158. The van der Waals surface area contributed by atoms with Crippen molar-refractivity contribution in [2.75, 3.05) is 13.3 Å². The predicted octanol–water partition coefficient (Wildman–Crippen LogP) is 3.17. The SMILES string of the molecule is O=C(NCCc1c[nH]c2ccc(C(=O)O)cc12)OCOc1ccccc1. The molecule has 2 aromatic carbocycles. The Balaban J connectivity index is 1.47. The van der Waals surface area contributed by atoms with E-state index < -0.39 is 12.1 Å². The number of rotatable bonds is 7. The molecule has 7 heteroatoms. The van der Waals surface area contributed by atoms with Gasteiger partial charge in [0.05, 0.1) is 5.56 Å². The van der Waals surface area contributed by atoms with Crippen molar-refractivity contribution in [3.8, 4) is 5.75 Å². The first kappa shape index (κ1) is 17.3. The summed E-state index contributed by atoms with van der Waals surface area (Å²) in [7, 11) is 0. The number of carbonyl (C=O) groups excluding carboxylic acids is 1. The van der Waals surface area contributed by atoms with E-state index in [4.69, 9.17) is 14.6 Å².